The third-order valence-corrected chi connectivity index (χ3v) is 3.95. The summed E-state index contributed by atoms with van der Waals surface area (Å²) in [5, 5.41) is 21.9. The Kier molecular flexibility index (Phi) is 5.33. The van der Waals surface area contributed by atoms with Gasteiger partial charge >= 0.3 is 5.97 Å². The van der Waals surface area contributed by atoms with E-state index in [1.807, 2.05) is 0 Å². The largest absolute Gasteiger partial charge is 0.507 e. The number of amides is 1. The molecule has 27 heavy (non-hydrogen) atoms. The molecule has 0 unspecified atom stereocenters. The van der Waals surface area contributed by atoms with E-state index in [4.69, 9.17) is 0 Å². The second kappa shape index (κ2) is 8.01. The van der Waals surface area contributed by atoms with Gasteiger partial charge in [0, 0.05) is 11.1 Å². The molecule has 0 aliphatic heterocycles. The van der Waals surface area contributed by atoms with E-state index in [0.717, 1.165) is 0 Å². The number of hydrogen-bond acceptors (Lipinski definition) is 3. The number of rotatable bonds is 5. The van der Waals surface area contributed by atoms with Crippen molar-refractivity contribution < 1.29 is 19.8 Å². The van der Waals surface area contributed by atoms with Gasteiger partial charge in [-0.05, 0) is 35.9 Å². The highest BCUT2D eigenvalue weighted by Crippen LogP contribution is 2.23. The van der Waals surface area contributed by atoms with Crippen molar-refractivity contribution in [2.24, 2.45) is 0 Å². The molecular weight excluding hydrogens is 342 g/mol. The fourth-order valence-electron chi connectivity index (χ4n) is 2.55. The van der Waals surface area contributed by atoms with Crippen molar-refractivity contribution in [1.82, 2.24) is 0 Å². The number of nitrogens with one attached hydrogen (secondary N) is 1. The van der Waals surface area contributed by atoms with Crippen molar-refractivity contribution in [3.63, 3.8) is 0 Å². The van der Waals surface area contributed by atoms with Gasteiger partial charge in [-0.2, -0.15) is 0 Å². The molecule has 3 aromatic carbocycles. The van der Waals surface area contributed by atoms with E-state index >= 15 is 0 Å². The van der Waals surface area contributed by atoms with Crippen LogP contribution in [0.3, 0.4) is 0 Å². The molecule has 0 heterocycles. The average Bonchev–Trinajstić information content (AvgIpc) is 2.68. The zero-order chi connectivity index (χ0) is 19.2. The Morgan fingerprint density at radius 3 is 2.26 bits per heavy atom. The highest BCUT2D eigenvalue weighted by molar-refractivity contribution is 6.08. The molecule has 0 saturated heterocycles. The van der Waals surface area contributed by atoms with Crippen LogP contribution >= 0.6 is 0 Å². The molecule has 0 bridgehead atoms. The molecule has 1 amide bonds. The Balaban J connectivity index is 1.90. The van der Waals surface area contributed by atoms with Crippen LogP contribution in [0.25, 0.3) is 12.2 Å². The Bertz CT molecular complexity index is 1010. The monoisotopic (exact) mass is 359 g/mol. The predicted octanol–water partition coefficient (Wildman–Crippen LogP) is 4.51. The standard InChI is InChI=1S/C22H17NO4/c24-20-9-5-4-6-16(20)12-10-15-11-13-18(22(26)27)19(14-15)23-21(25)17-7-2-1-3-8-17/h1-14,24H,(H,23,25)(H,26,27). The van der Waals surface area contributed by atoms with E-state index in [2.05, 4.69) is 5.32 Å². The molecule has 134 valence electrons. The van der Waals surface area contributed by atoms with Gasteiger partial charge < -0.3 is 15.5 Å². The topological polar surface area (TPSA) is 86.6 Å². The lowest BCUT2D eigenvalue weighted by molar-refractivity contribution is 0.0698. The second-order valence-electron chi connectivity index (χ2n) is 5.82. The van der Waals surface area contributed by atoms with Crippen LogP contribution in [0, 0.1) is 0 Å². The van der Waals surface area contributed by atoms with Crippen molar-refractivity contribution in [2.75, 3.05) is 5.32 Å². The molecule has 5 nitrogen and oxygen atoms in total. The van der Waals surface area contributed by atoms with Gasteiger partial charge in [-0.15, -0.1) is 0 Å². The number of carbonyl (C=O) groups excluding carboxylic acids is 1. The maximum atomic E-state index is 12.4. The number of carbonyl (C=O) groups is 2. The Morgan fingerprint density at radius 1 is 0.852 bits per heavy atom. The summed E-state index contributed by atoms with van der Waals surface area (Å²) in [7, 11) is 0. The summed E-state index contributed by atoms with van der Waals surface area (Å²) < 4.78 is 0. The van der Waals surface area contributed by atoms with Crippen molar-refractivity contribution in [3.05, 3.63) is 95.1 Å². The van der Waals surface area contributed by atoms with Gasteiger partial charge in [0.1, 0.15) is 5.75 Å². The minimum atomic E-state index is -1.13. The third-order valence-electron chi connectivity index (χ3n) is 3.95. The summed E-state index contributed by atoms with van der Waals surface area (Å²) in [5.74, 6) is -1.37. The van der Waals surface area contributed by atoms with E-state index in [-0.39, 0.29) is 22.9 Å². The number of carboxylic acids is 1. The van der Waals surface area contributed by atoms with Crippen LogP contribution in [0.1, 0.15) is 31.8 Å². The molecule has 0 aromatic heterocycles. The Labute approximate surface area is 156 Å². The zero-order valence-electron chi connectivity index (χ0n) is 14.3. The molecule has 0 spiro atoms. The zero-order valence-corrected chi connectivity index (χ0v) is 14.3. The molecule has 3 rings (SSSR count). The summed E-state index contributed by atoms with van der Waals surface area (Å²) in [6.07, 6.45) is 3.45. The van der Waals surface area contributed by atoms with Crippen molar-refractivity contribution >= 4 is 29.7 Å². The van der Waals surface area contributed by atoms with Crippen LogP contribution < -0.4 is 5.32 Å². The van der Waals surface area contributed by atoms with E-state index in [1.165, 1.54) is 6.07 Å². The number of anilines is 1. The van der Waals surface area contributed by atoms with E-state index in [1.54, 1.807) is 78.9 Å². The van der Waals surface area contributed by atoms with Gasteiger partial charge in [0.15, 0.2) is 0 Å². The van der Waals surface area contributed by atoms with Crippen LogP contribution in [-0.2, 0) is 0 Å². The summed E-state index contributed by atoms with van der Waals surface area (Å²) in [6.45, 7) is 0. The Hall–Kier alpha value is -3.86. The highest BCUT2D eigenvalue weighted by Gasteiger charge is 2.14. The van der Waals surface area contributed by atoms with E-state index in [9.17, 15) is 19.8 Å². The fourth-order valence-corrected chi connectivity index (χ4v) is 2.55. The lowest BCUT2D eigenvalue weighted by Crippen LogP contribution is -2.14. The average molecular weight is 359 g/mol. The van der Waals surface area contributed by atoms with Crippen LogP contribution in [-0.4, -0.2) is 22.1 Å². The minimum Gasteiger partial charge on any atom is -0.507 e. The molecule has 0 aliphatic carbocycles. The van der Waals surface area contributed by atoms with Crippen molar-refractivity contribution in [3.8, 4) is 5.75 Å². The summed E-state index contributed by atoms with van der Waals surface area (Å²) in [5.41, 5.74) is 1.96. The normalized spacial score (nSPS) is 10.7. The van der Waals surface area contributed by atoms with Gasteiger partial charge in [-0.25, -0.2) is 4.79 Å². The van der Waals surface area contributed by atoms with Gasteiger partial charge in [-0.3, -0.25) is 4.79 Å². The molecule has 0 aliphatic rings. The summed E-state index contributed by atoms with van der Waals surface area (Å²) in [6, 6.07) is 20.1. The molecular formula is C22H17NO4. The second-order valence-corrected chi connectivity index (χ2v) is 5.82. The van der Waals surface area contributed by atoms with Crippen LogP contribution in [0.15, 0.2) is 72.8 Å². The number of para-hydroxylation sites is 1. The quantitative estimate of drug-likeness (QED) is 0.585. The van der Waals surface area contributed by atoms with E-state index < -0.39 is 5.97 Å². The Morgan fingerprint density at radius 2 is 1.56 bits per heavy atom. The van der Waals surface area contributed by atoms with Crippen LogP contribution in [0.4, 0.5) is 5.69 Å². The van der Waals surface area contributed by atoms with Gasteiger partial charge in [0.25, 0.3) is 5.91 Å². The number of aromatic carboxylic acids is 1. The number of carboxylic acid groups (broad SMARTS) is 1. The number of benzene rings is 3. The lowest BCUT2D eigenvalue weighted by Gasteiger charge is -2.10. The van der Waals surface area contributed by atoms with E-state index in [0.29, 0.717) is 16.7 Å². The van der Waals surface area contributed by atoms with Gasteiger partial charge in [0.2, 0.25) is 0 Å². The maximum Gasteiger partial charge on any atom is 0.337 e. The summed E-state index contributed by atoms with van der Waals surface area (Å²) in [4.78, 5) is 23.8. The lowest BCUT2D eigenvalue weighted by atomic mass is 10.1. The first-order valence-corrected chi connectivity index (χ1v) is 8.24. The predicted molar refractivity (Wildman–Crippen MR) is 105 cm³/mol. The molecule has 0 atom stereocenters. The third kappa shape index (κ3) is 4.41. The fraction of sp³-hybridized carbons (Fsp3) is 0. The van der Waals surface area contributed by atoms with Gasteiger partial charge in [-0.1, -0.05) is 54.6 Å². The molecule has 0 saturated carbocycles. The maximum absolute atomic E-state index is 12.4. The SMILES string of the molecule is O=C(Nc1cc(C=Cc2ccccc2O)ccc1C(=O)O)c1ccccc1. The first-order valence-electron chi connectivity index (χ1n) is 8.24. The minimum absolute atomic E-state index is 0.000936. The first kappa shape index (κ1) is 17.9. The molecule has 3 N–H and O–H groups in total. The van der Waals surface area contributed by atoms with Crippen LogP contribution in [0.5, 0.6) is 5.75 Å². The molecule has 0 fully saturated rings. The summed E-state index contributed by atoms with van der Waals surface area (Å²) >= 11 is 0. The van der Waals surface area contributed by atoms with Gasteiger partial charge in [0.05, 0.1) is 11.3 Å². The van der Waals surface area contributed by atoms with Crippen LogP contribution in [0.2, 0.25) is 0 Å². The molecule has 5 heteroatoms. The highest BCUT2D eigenvalue weighted by atomic mass is 16.4. The molecule has 0 radical (unpaired) electrons. The number of phenols is 1. The number of aromatic hydroxyl groups is 1. The number of phenolic OH excluding ortho intramolecular Hbond substituents is 1. The first-order chi connectivity index (χ1) is 13.0. The number of hydrogen-bond donors (Lipinski definition) is 3. The smallest absolute Gasteiger partial charge is 0.337 e. The van der Waals surface area contributed by atoms with Crippen molar-refractivity contribution in [2.45, 2.75) is 0 Å². The molecule has 3 aromatic rings. The van der Waals surface area contributed by atoms with Crippen molar-refractivity contribution in [1.29, 1.82) is 0 Å².